The van der Waals surface area contributed by atoms with Crippen LogP contribution >= 0.6 is 0 Å². The van der Waals surface area contributed by atoms with Crippen LogP contribution in [0.15, 0.2) is 0 Å². The number of carbonyl (C=O) groups excluding carboxylic acids is 3. The van der Waals surface area contributed by atoms with Crippen LogP contribution in [0.2, 0.25) is 0 Å². The molecule has 0 rings (SSSR count). The maximum atomic E-state index is 12.6. The number of nitrogens with zero attached hydrogens (tertiary/aromatic N) is 1. The Kier molecular flexibility index (Phi) is 30.7. The molecule has 0 saturated heterocycles. The molecule has 0 aromatic rings. The number of carboxylic acid groups (broad SMARTS) is 1. The third-order valence-electron chi connectivity index (χ3n) is 8.12. The molecule has 258 valence electrons. The van der Waals surface area contributed by atoms with Gasteiger partial charge in [-0.3, -0.25) is 19.2 Å². The molecular weight excluding hydrogens is 558 g/mol. The van der Waals surface area contributed by atoms with Gasteiger partial charge in [0.1, 0.15) is 13.2 Å². The largest absolute Gasteiger partial charge is 0.481 e. The maximum absolute atomic E-state index is 12.6. The third-order valence-corrected chi connectivity index (χ3v) is 8.12. The van der Waals surface area contributed by atoms with Crippen LogP contribution in [0.3, 0.4) is 0 Å². The smallest absolute Gasteiger partial charge is 0.305 e. The molecule has 0 aliphatic rings. The molecule has 0 aliphatic heterocycles. The van der Waals surface area contributed by atoms with Gasteiger partial charge >= 0.3 is 17.9 Å². The molecule has 8 heteroatoms. The summed E-state index contributed by atoms with van der Waals surface area (Å²) < 4.78 is 10.7. The summed E-state index contributed by atoms with van der Waals surface area (Å²) in [7, 11) is 0. The first-order chi connectivity index (χ1) is 21.4. The average molecular weight is 626 g/mol. The van der Waals surface area contributed by atoms with Crippen molar-refractivity contribution in [2.24, 2.45) is 0 Å². The normalized spacial score (nSPS) is 11.0. The van der Waals surface area contributed by atoms with Crippen molar-refractivity contribution in [3.05, 3.63) is 0 Å². The second-order valence-electron chi connectivity index (χ2n) is 12.3. The molecule has 0 saturated carbocycles. The first kappa shape index (κ1) is 41.9. The molecule has 0 unspecified atom stereocenters. The first-order valence-corrected chi connectivity index (χ1v) is 18.2. The van der Waals surface area contributed by atoms with Gasteiger partial charge in [0.15, 0.2) is 0 Å². The van der Waals surface area contributed by atoms with Crippen molar-refractivity contribution < 1.29 is 33.8 Å². The van der Waals surface area contributed by atoms with Crippen LogP contribution in [0.5, 0.6) is 0 Å². The van der Waals surface area contributed by atoms with Crippen molar-refractivity contribution in [1.82, 2.24) is 4.90 Å². The van der Waals surface area contributed by atoms with E-state index in [0.29, 0.717) is 12.8 Å². The minimum atomic E-state index is -1.05. The van der Waals surface area contributed by atoms with Crippen LogP contribution in [0, 0.1) is 0 Å². The van der Waals surface area contributed by atoms with Crippen LogP contribution in [0.1, 0.15) is 181 Å². The summed E-state index contributed by atoms with van der Waals surface area (Å²) in [5.74, 6) is -1.96. The number of carboxylic acids is 1. The molecule has 8 nitrogen and oxygen atoms in total. The molecule has 0 aromatic heterocycles. The summed E-state index contributed by atoms with van der Waals surface area (Å²) in [5.41, 5.74) is 0. The fourth-order valence-electron chi connectivity index (χ4n) is 5.28. The zero-order valence-corrected chi connectivity index (χ0v) is 28.6. The highest BCUT2D eigenvalue weighted by molar-refractivity contribution is 5.80. The lowest BCUT2D eigenvalue weighted by Gasteiger charge is -2.22. The topological polar surface area (TPSA) is 110 Å². The van der Waals surface area contributed by atoms with E-state index in [2.05, 4.69) is 13.8 Å². The third kappa shape index (κ3) is 29.9. The van der Waals surface area contributed by atoms with Gasteiger partial charge < -0.3 is 19.5 Å². The van der Waals surface area contributed by atoms with Gasteiger partial charge in [-0.2, -0.15) is 0 Å². The molecule has 1 N–H and O–H groups in total. The van der Waals surface area contributed by atoms with Gasteiger partial charge in [-0.1, -0.05) is 142 Å². The lowest BCUT2D eigenvalue weighted by atomic mass is 10.1. The molecule has 0 radical (unpaired) electrons. The van der Waals surface area contributed by atoms with E-state index < -0.39 is 5.97 Å². The van der Waals surface area contributed by atoms with Gasteiger partial charge in [0.05, 0.1) is 19.5 Å². The molecule has 0 bridgehead atoms. The molecule has 1 amide bonds. The quantitative estimate of drug-likeness (QED) is 0.0572. The zero-order valence-electron chi connectivity index (χ0n) is 28.6. The number of carbonyl (C=O) groups is 4. The van der Waals surface area contributed by atoms with E-state index >= 15 is 0 Å². The average Bonchev–Trinajstić information content (AvgIpc) is 3.00. The predicted octanol–water partition coefficient (Wildman–Crippen LogP) is 9.17. The van der Waals surface area contributed by atoms with E-state index in [-0.39, 0.29) is 57.0 Å². The molecule has 0 aromatic carbocycles. The van der Waals surface area contributed by atoms with Gasteiger partial charge in [0.2, 0.25) is 5.91 Å². The van der Waals surface area contributed by atoms with Gasteiger partial charge in [-0.05, 0) is 12.8 Å². The number of hydrogen-bond acceptors (Lipinski definition) is 6. The number of amides is 1. The Morgan fingerprint density at radius 3 is 1.09 bits per heavy atom. The first-order valence-electron chi connectivity index (χ1n) is 18.2. The van der Waals surface area contributed by atoms with Crippen LogP contribution in [-0.2, 0) is 28.7 Å². The Morgan fingerprint density at radius 1 is 0.455 bits per heavy atom. The fourth-order valence-corrected chi connectivity index (χ4v) is 5.28. The Balaban J connectivity index is 4.04. The van der Waals surface area contributed by atoms with Crippen molar-refractivity contribution in [1.29, 1.82) is 0 Å². The number of esters is 2. The van der Waals surface area contributed by atoms with Gasteiger partial charge in [-0.15, -0.1) is 0 Å². The minimum absolute atomic E-state index is 0.0440. The summed E-state index contributed by atoms with van der Waals surface area (Å²) in [5, 5.41) is 8.94. The van der Waals surface area contributed by atoms with Crippen LogP contribution in [-0.4, -0.2) is 60.1 Å². The van der Waals surface area contributed by atoms with Gasteiger partial charge in [-0.25, -0.2) is 0 Å². The summed E-state index contributed by atoms with van der Waals surface area (Å²) in [6.07, 6.45) is 27.0. The van der Waals surface area contributed by atoms with E-state index in [9.17, 15) is 19.2 Å². The Labute approximate surface area is 269 Å². The fraction of sp³-hybridized carbons (Fsp3) is 0.889. The Bertz CT molecular complexity index is 669. The summed E-state index contributed by atoms with van der Waals surface area (Å²) in [4.78, 5) is 49.2. The molecule has 0 heterocycles. The SMILES string of the molecule is CCCCCCCCCCCCCC(=O)OCCN(CCOC(=O)CCCCCCCCCCCCC)C(=O)CCC(=O)O. The molecule has 0 atom stereocenters. The predicted molar refractivity (Wildman–Crippen MR) is 178 cm³/mol. The molecule has 44 heavy (non-hydrogen) atoms. The monoisotopic (exact) mass is 625 g/mol. The zero-order chi connectivity index (χ0) is 32.5. The second kappa shape index (κ2) is 32.3. The molecule has 0 aliphatic carbocycles. The van der Waals surface area contributed by atoms with E-state index in [4.69, 9.17) is 14.6 Å². The van der Waals surface area contributed by atoms with E-state index in [1.807, 2.05) is 0 Å². The van der Waals surface area contributed by atoms with Crippen molar-refractivity contribution in [3.8, 4) is 0 Å². The Hall–Kier alpha value is -2.12. The van der Waals surface area contributed by atoms with Crippen molar-refractivity contribution in [2.75, 3.05) is 26.3 Å². The molecule has 0 spiro atoms. The lowest BCUT2D eigenvalue weighted by Crippen LogP contribution is -2.37. The number of aliphatic carboxylic acids is 1. The van der Waals surface area contributed by atoms with Gasteiger partial charge in [0, 0.05) is 19.3 Å². The summed E-state index contributed by atoms with van der Waals surface area (Å²) >= 11 is 0. The number of unbranched alkanes of at least 4 members (excludes halogenated alkanes) is 20. The molecule has 0 fully saturated rings. The van der Waals surface area contributed by atoms with Crippen molar-refractivity contribution in [2.45, 2.75) is 181 Å². The van der Waals surface area contributed by atoms with Crippen molar-refractivity contribution in [3.63, 3.8) is 0 Å². The second-order valence-corrected chi connectivity index (χ2v) is 12.3. The van der Waals surface area contributed by atoms with E-state index in [0.717, 1.165) is 38.5 Å². The highest BCUT2D eigenvalue weighted by atomic mass is 16.5. The van der Waals surface area contributed by atoms with Gasteiger partial charge in [0.25, 0.3) is 0 Å². The van der Waals surface area contributed by atoms with Crippen LogP contribution in [0.25, 0.3) is 0 Å². The summed E-state index contributed by atoms with van der Waals surface area (Å²) in [6, 6.07) is 0. The number of rotatable bonds is 33. The van der Waals surface area contributed by atoms with E-state index in [1.54, 1.807) is 0 Å². The van der Waals surface area contributed by atoms with Crippen LogP contribution < -0.4 is 0 Å². The highest BCUT2D eigenvalue weighted by Crippen LogP contribution is 2.13. The standard InChI is InChI=1S/C36H67NO7/c1-3-5-7-9-11-13-15-17-19-21-23-25-35(41)43-31-29-37(33(38)27-28-34(39)40)30-32-44-36(42)26-24-22-20-18-16-14-12-10-8-6-4-2/h3-32H2,1-2H3,(H,39,40). The Morgan fingerprint density at radius 2 is 0.773 bits per heavy atom. The number of hydrogen-bond donors (Lipinski definition) is 1. The van der Waals surface area contributed by atoms with E-state index in [1.165, 1.54) is 108 Å². The highest BCUT2D eigenvalue weighted by Gasteiger charge is 2.16. The summed E-state index contributed by atoms with van der Waals surface area (Å²) in [6.45, 7) is 4.86. The minimum Gasteiger partial charge on any atom is -0.481 e. The van der Waals surface area contributed by atoms with Crippen molar-refractivity contribution >= 4 is 23.8 Å². The molecular formula is C36H67NO7. The number of ether oxygens (including phenoxy) is 2. The lowest BCUT2D eigenvalue weighted by molar-refractivity contribution is -0.148. The van der Waals surface area contributed by atoms with Crippen LogP contribution in [0.4, 0.5) is 0 Å². The maximum Gasteiger partial charge on any atom is 0.305 e.